The van der Waals surface area contributed by atoms with E-state index in [0.717, 1.165) is 19.3 Å². The van der Waals surface area contributed by atoms with Crippen LogP contribution in [-0.2, 0) is 15.0 Å². The first-order chi connectivity index (χ1) is 9.07. The van der Waals surface area contributed by atoms with Crippen molar-refractivity contribution in [3.8, 4) is 0 Å². The van der Waals surface area contributed by atoms with Gasteiger partial charge in [-0.2, -0.15) is 17.0 Å². The molecule has 0 aromatic carbocycles. The lowest BCUT2D eigenvalue weighted by Gasteiger charge is -2.30. The molecule has 2 atom stereocenters. The van der Waals surface area contributed by atoms with E-state index in [0.29, 0.717) is 39.1 Å². The Morgan fingerprint density at radius 1 is 1.00 bits per heavy atom. The van der Waals surface area contributed by atoms with Crippen molar-refractivity contribution in [3.05, 3.63) is 0 Å². The van der Waals surface area contributed by atoms with Crippen molar-refractivity contribution in [1.82, 2.24) is 13.9 Å². The first-order valence-corrected chi connectivity index (χ1v) is 8.49. The Balaban J connectivity index is 1.71. The standard InChI is InChI=1S/C12H21N3O3S/c16-12-6-10-8-15(9-11(10)7-13-12)19(17,18)14-4-2-1-3-5-14/h10-11H,1-9H2,(H,13,16)/t10-,11+/m1/s1. The lowest BCUT2D eigenvalue weighted by Crippen LogP contribution is -2.45. The molecule has 3 saturated heterocycles. The lowest BCUT2D eigenvalue weighted by atomic mass is 9.89. The van der Waals surface area contributed by atoms with Crippen molar-refractivity contribution in [3.63, 3.8) is 0 Å². The zero-order valence-corrected chi connectivity index (χ0v) is 11.9. The fraction of sp³-hybridized carbons (Fsp3) is 0.917. The molecular formula is C12H21N3O3S. The van der Waals surface area contributed by atoms with E-state index in [4.69, 9.17) is 0 Å². The first-order valence-electron chi connectivity index (χ1n) is 7.09. The number of carbonyl (C=O) groups is 1. The van der Waals surface area contributed by atoms with Crippen LogP contribution in [0.4, 0.5) is 0 Å². The molecule has 108 valence electrons. The monoisotopic (exact) mass is 287 g/mol. The predicted octanol–water partition coefficient (Wildman–Crippen LogP) is -0.215. The van der Waals surface area contributed by atoms with Gasteiger partial charge >= 0.3 is 0 Å². The number of hydrogen-bond acceptors (Lipinski definition) is 3. The normalized spacial score (nSPS) is 34.0. The summed E-state index contributed by atoms with van der Waals surface area (Å²) in [5.41, 5.74) is 0. The van der Waals surface area contributed by atoms with Crippen LogP contribution in [0.2, 0.25) is 0 Å². The lowest BCUT2D eigenvalue weighted by molar-refractivity contribution is -0.124. The van der Waals surface area contributed by atoms with Gasteiger partial charge in [-0.25, -0.2) is 0 Å². The second-order valence-corrected chi connectivity index (χ2v) is 7.74. The van der Waals surface area contributed by atoms with Gasteiger partial charge in [0.05, 0.1) is 0 Å². The minimum atomic E-state index is -3.31. The van der Waals surface area contributed by atoms with Crippen LogP contribution in [0.15, 0.2) is 0 Å². The van der Waals surface area contributed by atoms with Crippen LogP contribution in [0.3, 0.4) is 0 Å². The van der Waals surface area contributed by atoms with Crippen LogP contribution in [0, 0.1) is 11.8 Å². The third-order valence-corrected chi connectivity index (χ3v) is 6.49. The molecule has 0 spiro atoms. The summed E-state index contributed by atoms with van der Waals surface area (Å²) in [5, 5.41) is 2.83. The molecule has 3 heterocycles. The number of carbonyl (C=O) groups excluding carboxylic acids is 1. The molecule has 3 fully saturated rings. The van der Waals surface area contributed by atoms with E-state index in [1.165, 1.54) is 0 Å². The molecule has 0 saturated carbocycles. The predicted molar refractivity (Wildman–Crippen MR) is 70.5 cm³/mol. The Hall–Kier alpha value is -0.660. The molecule has 7 heteroatoms. The third kappa shape index (κ3) is 2.51. The van der Waals surface area contributed by atoms with Crippen LogP contribution in [0.25, 0.3) is 0 Å². The van der Waals surface area contributed by atoms with Crippen LogP contribution < -0.4 is 5.32 Å². The summed E-state index contributed by atoms with van der Waals surface area (Å²) >= 11 is 0. The average molecular weight is 287 g/mol. The van der Waals surface area contributed by atoms with Crippen molar-refractivity contribution >= 4 is 16.1 Å². The zero-order valence-electron chi connectivity index (χ0n) is 11.0. The Morgan fingerprint density at radius 3 is 2.42 bits per heavy atom. The van der Waals surface area contributed by atoms with E-state index < -0.39 is 10.2 Å². The maximum atomic E-state index is 12.6. The van der Waals surface area contributed by atoms with E-state index in [2.05, 4.69) is 5.32 Å². The van der Waals surface area contributed by atoms with Crippen LogP contribution in [0.5, 0.6) is 0 Å². The van der Waals surface area contributed by atoms with Crippen LogP contribution >= 0.6 is 0 Å². The van der Waals surface area contributed by atoms with Crippen molar-refractivity contribution in [2.24, 2.45) is 11.8 Å². The van der Waals surface area contributed by atoms with Gasteiger partial charge in [0.2, 0.25) is 5.91 Å². The van der Waals surface area contributed by atoms with Crippen LogP contribution in [0.1, 0.15) is 25.7 Å². The highest BCUT2D eigenvalue weighted by Crippen LogP contribution is 2.31. The highest BCUT2D eigenvalue weighted by molar-refractivity contribution is 7.86. The van der Waals surface area contributed by atoms with Gasteiger partial charge in [-0.05, 0) is 24.7 Å². The summed E-state index contributed by atoms with van der Waals surface area (Å²) in [5.74, 6) is 0.545. The topological polar surface area (TPSA) is 69.7 Å². The average Bonchev–Trinajstić information content (AvgIpc) is 2.83. The molecule has 1 amide bonds. The molecule has 19 heavy (non-hydrogen) atoms. The third-order valence-electron chi connectivity index (χ3n) is 4.52. The smallest absolute Gasteiger partial charge is 0.281 e. The van der Waals surface area contributed by atoms with Gasteiger partial charge in [0.1, 0.15) is 0 Å². The highest BCUT2D eigenvalue weighted by Gasteiger charge is 2.43. The van der Waals surface area contributed by atoms with Gasteiger partial charge in [0, 0.05) is 39.1 Å². The molecule has 0 aromatic heterocycles. The van der Waals surface area contributed by atoms with Gasteiger partial charge in [-0.3, -0.25) is 4.79 Å². The SMILES string of the molecule is O=C1C[C@@H]2CN(S(=O)(=O)N3CCCCC3)C[C@@H]2CN1. The summed E-state index contributed by atoms with van der Waals surface area (Å²) in [6.45, 7) is 2.98. The summed E-state index contributed by atoms with van der Waals surface area (Å²) in [6, 6.07) is 0. The van der Waals surface area contributed by atoms with Gasteiger partial charge in [0.25, 0.3) is 10.2 Å². The van der Waals surface area contributed by atoms with E-state index >= 15 is 0 Å². The van der Waals surface area contributed by atoms with E-state index in [1.807, 2.05) is 0 Å². The van der Waals surface area contributed by atoms with Crippen molar-refractivity contribution in [2.45, 2.75) is 25.7 Å². The largest absolute Gasteiger partial charge is 0.356 e. The molecule has 0 unspecified atom stereocenters. The van der Waals surface area contributed by atoms with Gasteiger partial charge in [-0.15, -0.1) is 0 Å². The summed E-state index contributed by atoms with van der Waals surface area (Å²) in [7, 11) is -3.31. The van der Waals surface area contributed by atoms with Crippen molar-refractivity contribution in [1.29, 1.82) is 0 Å². The van der Waals surface area contributed by atoms with Crippen molar-refractivity contribution in [2.75, 3.05) is 32.7 Å². The Morgan fingerprint density at radius 2 is 1.68 bits per heavy atom. The van der Waals surface area contributed by atoms with Gasteiger partial charge < -0.3 is 5.32 Å². The summed E-state index contributed by atoms with van der Waals surface area (Å²) in [6.07, 6.45) is 3.51. The number of amides is 1. The molecule has 6 nitrogen and oxygen atoms in total. The molecule has 1 N–H and O–H groups in total. The number of piperidine rings is 2. The Kier molecular flexibility index (Phi) is 3.53. The molecule has 3 aliphatic heterocycles. The molecule has 0 aliphatic carbocycles. The number of fused-ring (bicyclic) bond motifs is 1. The van der Waals surface area contributed by atoms with Crippen molar-refractivity contribution < 1.29 is 13.2 Å². The van der Waals surface area contributed by atoms with E-state index in [-0.39, 0.29) is 17.7 Å². The van der Waals surface area contributed by atoms with E-state index in [1.54, 1.807) is 8.61 Å². The molecular weight excluding hydrogens is 266 g/mol. The second kappa shape index (κ2) is 5.03. The van der Waals surface area contributed by atoms with E-state index in [9.17, 15) is 13.2 Å². The highest BCUT2D eigenvalue weighted by atomic mass is 32.2. The maximum Gasteiger partial charge on any atom is 0.281 e. The number of hydrogen-bond donors (Lipinski definition) is 1. The molecule has 0 aromatic rings. The minimum absolute atomic E-state index is 0.0541. The molecule has 3 rings (SSSR count). The zero-order chi connectivity index (χ0) is 13.5. The van der Waals surface area contributed by atoms with Gasteiger partial charge in [0.15, 0.2) is 0 Å². The number of rotatable bonds is 2. The fourth-order valence-electron chi connectivity index (χ4n) is 3.36. The van der Waals surface area contributed by atoms with Gasteiger partial charge in [-0.1, -0.05) is 6.42 Å². The Labute approximate surface area is 114 Å². The maximum absolute atomic E-state index is 12.6. The summed E-state index contributed by atoms with van der Waals surface area (Å²) in [4.78, 5) is 11.4. The second-order valence-electron chi connectivity index (χ2n) is 5.81. The minimum Gasteiger partial charge on any atom is -0.356 e. The van der Waals surface area contributed by atoms with Crippen LogP contribution in [-0.4, -0.2) is 55.7 Å². The number of nitrogens with zero attached hydrogens (tertiary/aromatic N) is 2. The molecule has 0 radical (unpaired) electrons. The quantitative estimate of drug-likeness (QED) is 0.764. The molecule has 0 bridgehead atoms. The summed E-state index contributed by atoms with van der Waals surface area (Å²) < 4.78 is 28.3. The Bertz CT molecular complexity index is 459. The molecule has 3 aliphatic rings. The first kappa shape index (κ1) is 13.3. The number of nitrogens with one attached hydrogen (secondary N) is 1. The fourth-order valence-corrected chi connectivity index (χ4v) is 5.17.